The van der Waals surface area contributed by atoms with Crippen LogP contribution in [0, 0.1) is 17.8 Å². The summed E-state index contributed by atoms with van der Waals surface area (Å²) in [5, 5.41) is 0. The smallest absolute Gasteiger partial charge is 0.165 e. The monoisotopic (exact) mass is 214 g/mol. The summed E-state index contributed by atoms with van der Waals surface area (Å²) in [6, 6.07) is 0. The van der Waals surface area contributed by atoms with E-state index in [0.29, 0.717) is 11.8 Å². The molecule has 0 aromatic rings. The van der Waals surface area contributed by atoms with Crippen molar-refractivity contribution in [3.05, 3.63) is 0 Å². The maximum atomic E-state index is 5.87. The molecule has 1 fully saturated rings. The average Bonchev–Trinajstić information content (AvgIpc) is 2.07. The lowest BCUT2D eigenvalue weighted by Gasteiger charge is -2.39. The fraction of sp³-hybridized carbons (Fsp3) is 1.00. The van der Waals surface area contributed by atoms with Crippen molar-refractivity contribution < 1.29 is 9.47 Å². The molecule has 2 heteroatoms. The summed E-state index contributed by atoms with van der Waals surface area (Å²) in [5.41, 5.74) is 0. The molecule has 1 saturated heterocycles. The molecule has 0 aromatic heterocycles. The fourth-order valence-electron chi connectivity index (χ4n) is 2.34. The maximum Gasteiger partial charge on any atom is 0.165 e. The van der Waals surface area contributed by atoms with E-state index < -0.39 is 0 Å². The molecule has 0 aliphatic carbocycles. The minimum atomic E-state index is -0.332. The lowest BCUT2D eigenvalue weighted by Crippen LogP contribution is -2.43. The topological polar surface area (TPSA) is 18.5 Å². The maximum absolute atomic E-state index is 5.87. The van der Waals surface area contributed by atoms with Crippen molar-refractivity contribution in [2.75, 3.05) is 13.2 Å². The van der Waals surface area contributed by atoms with E-state index in [9.17, 15) is 0 Å². The van der Waals surface area contributed by atoms with Crippen LogP contribution < -0.4 is 0 Å². The standard InChI is InChI=1S/C13H26O2/c1-10(2)6-12-8-14-13(5,15-9-12)7-11(3)4/h10-12H,6-9H2,1-5H3. The van der Waals surface area contributed by atoms with Gasteiger partial charge in [-0.1, -0.05) is 27.7 Å². The van der Waals surface area contributed by atoms with E-state index in [-0.39, 0.29) is 5.79 Å². The van der Waals surface area contributed by atoms with E-state index in [0.717, 1.165) is 25.6 Å². The molecule has 0 N–H and O–H groups in total. The van der Waals surface area contributed by atoms with Crippen molar-refractivity contribution in [2.45, 2.75) is 53.2 Å². The van der Waals surface area contributed by atoms with Gasteiger partial charge in [-0.05, 0) is 25.2 Å². The highest BCUT2D eigenvalue weighted by molar-refractivity contribution is 4.73. The molecule has 1 heterocycles. The van der Waals surface area contributed by atoms with Gasteiger partial charge in [-0.25, -0.2) is 0 Å². The van der Waals surface area contributed by atoms with Crippen LogP contribution in [0.25, 0.3) is 0 Å². The largest absolute Gasteiger partial charge is 0.350 e. The second-order valence-electron chi connectivity index (χ2n) is 5.85. The third kappa shape index (κ3) is 4.52. The lowest BCUT2D eigenvalue weighted by molar-refractivity contribution is -0.280. The third-order valence-corrected chi connectivity index (χ3v) is 2.83. The Bertz CT molecular complexity index is 179. The van der Waals surface area contributed by atoms with E-state index in [2.05, 4.69) is 34.6 Å². The summed E-state index contributed by atoms with van der Waals surface area (Å²) in [6.07, 6.45) is 2.19. The number of hydrogen-bond acceptors (Lipinski definition) is 2. The zero-order valence-electron chi connectivity index (χ0n) is 10.9. The van der Waals surface area contributed by atoms with Gasteiger partial charge in [-0.2, -0.15) is 0 Å². The summed E-state index contributed by atoms with van der Waals surface area (Å²) in [4.78, 5) is 0. The van der Waals surface area contributed by atoms with Crippen LogP contribution >= 0.6 is 0 Å². The molecule has 0 saturated carbocycles. The number of hydrogen-bond donors (Lipinski definition) is 0. The molecule has 1 aliphatic rings. The second-order valence-corrected chi connectivity index (χ2v) is 5.85. The van der Waals surface area contributed by atoms with E-state index in [4.69, 9.17) is 9.47 Å². The van der Waals surface area contributed by atoms with Gasteiger partial charge in [-0.15, -0.1) is 0 Å². The molecule has 0 spiro atoms. The Morgan fingerprint density at radius 3 is 2.00 bits per heavy atom. The molecular weight excluding hydrogens is 188 g/mol. The van der Waals surface area contributed by atoms with Gasteiger partial charge in [0.2, 0.25) is 0 Å². The summed E-state index contributed by atoms with van der Waals surface area (Å²) in [7, 11) is 0. The molecule has 0 atom stereocenters. The highest BCUT2D eigenvalue weighted by atomic mass is 16.7. The van der Waals surface area contributed by atoms with Gasteiger partial charge in [0.25, 0.3) is 0 Å². The van der Waals surface area contributed by atoms with E-state index >= 15 is 0 Å². The fourth-order valence-corrected chi connectivity index (χ4v) is 2.34. The SMILES string of the molecule is CC(C)CC1COC(C)(CC(C)C)OC1. The molecule has 0 aromatic carbocycles. The first-order valence-electron chi connectivity index (χ1n) is 6.19. The normalized spacial score (nSPS) is 32.6. The minimum absolute atomic E-state index is 0.332. The molecule has 1 aliphatic heterocycles. The predicted molar refractivity (Wildman–Crippen MR) is 62.7 cm³/mol. The van der Waals surface area contributed by atoms with Crippen LogP contribution in [0.1, 0.15) is 47.5 Å². The van der Waals surface area contributed by atoms with E-state index in [1.54, 1.807) is 0 Å². The average molecular weight is 214 g/mol. The van der Waals surface area contributed by atoms with Crippen LogP contribution in [0.3, 0.4) is 0 Å². The molecule has 15 heavy (non-hydrogen) atoms. The molecule has 90 valence electrons. The Balaban J connectivity index is 2.34. The summed E-state index contributed by atoms with van der Waals surface area (Å²) >= 11 is 0. The van der Waals surface area contributed by atoms with Crippen LogP contribution in [0.15, 0.2) is 0 Å². The summed E-state index contributed by atoms with van der Waals surface area (Å²) in [6.45, 7) is 12.7. The van der Waals surface area contributed by atoms with Crippen molar-refractivity contribution in [1.29, 1.82) is 0 Å². The molecule has 0 unspecified atom stereocenters. The van der Waals surface area contributed by atoms with Crippen molar-refractivity contribution in [1.82, 2.24) is 0 Å². The lowest BCUT2D eigenvalue weighted by atomic mass is 9.96. The Morgan fingerprint density at radius 1 is 1.07 bits per heavy atom. The number of ether oxygens (including phenoxy) is 2. The summed E-state index contributed by atoms with van der Waals surface area (Å²) < 4.78 is 11.7. The van der Waals surface area contributed by atoms with Gasteiger partial charge >= 0.3 is 0 Å². The molecule has 0 radical (unpaired) electrons. The van der Waals surface area contributed by atoms with Gasteiger partial charge in [0, 0.05) is 12.3 Å². The van der Waals surface area contributed by atoms with Gasteiger partial charge in [0.15, 0.2) is 5.79 Å². The van der Waals surface area contributed by atoms with Crippen LogP contribution in [0.5, 0.6) is 0 Å². The zero-order chi connectivity index (χ0) is 11.5. The van der Waals surface area contributed by atoms with Gasteiger partial charge in [-0.3, -0.25) is 0 Å². The predicted octanol–water partition coefficient (Wildman–Crippen LogP) is 3.46. The van der Waals surface area contributed by atoms with Gasteiger partial charge in [0.1, 0.15) is 0 Å². The molecule has 0 amide bonds. The first-order valence-corrected chi connectivity index (χ1v) is 6.19. The van der Waals surface area contributed by atoms with Gasteiger partial charge in [0.05, 0.1) is 13.2 Å². The Hall–Kier alpha value is -0.0800. The highest BCUT2D eigenvalue weighted by Gasteiger charge is 2.33. The zero-order valence-corrected chi connectivity index (χ0v) is 10.9. The van der Waals surface area contributed by atoms with Crippen LogP contribution in [0.4, 0.5) is 0 Å². The highest BCUT2D eigenvalue weighted by Crippen LogP contribution is 2.29. The molecule has 2 nitrogen and oxygen atoms in total. The van der Waals surface area contributed by atoms with Crippen molar-refractivity contribution in [3.8, 4) is 0 Å². The van der Waals surface area contributed by atoms with Crippen molar-refractivity contribution in [2.24, 2.45) is 17.8 Å². The van der Waals surface area contributed by atoms with E-state index in [1.165, 1.54) is 6.42 Å². The minimum Gasteiger partial charge on any atom is -0.350 e. The molecule has 0 bridgehead atoms. The molecular formula is C13H26O2. The quantitative estimate of drug-likeness (QED) is 0.713. The Morgan fingerprint density at radius 2 is 1.60 bits per heavy atom. The van der Waals surface area contributed by atoms with E-state index in [1.807, 2.05) is 0 Å². The van der Waals surface area contributed by atoms with Crippen LogP contribution in [-0.2, 0) is 9.47 Å². The number of rotatable bonds is 4. The molecule has 1 rings (SSSR count). The van der Waals surface area contributed by atoms with Gasteiger partial charge < -0.3 is 9.47 Å². The first-order chi connectivity index (χ1) is 6.91. The summed E-state index contributed by atoms with van der Waals surface area (Å²) in [5.74, 6) is 1.61. The van der Waals surface area contributed by atoms with Crippen LogP contribution in [0.2, 0.25) is 0 Å². The Kier molecular flexibility index (Phi) is 4.60. The van der Waals surface area contributed by atoms with Crippen molar-refractivity contribution in [3.63, 3.8) is 0 Å². The Labute approximate surface area is 94.3 Å². The van der Waals surface area contributed by atoms with Crippen molar-refractivity contribution >= 4 is 0 Å². The third-order valence-electron chi connectivity index (χ3n) is 2.83. The second kappa shape index (κ2) is 5.31. The van der Waals surface area contributed by atoms with Crippen LogP contribution in [-0.4, -0.2) is 19.0 Å². The first kappa shape index (κ1) is 13.0.